The lowest BCUT2D eigenvalue weighted by atomic mass is 10.1. The first-order valence-electron chi connectivity index (χ1n) is 3.98. The van der Waals surface area contributed by atoms with E-state index >= 15 is 0 Å². The van der Waals surface area contributed by atoms with E-state index in [2.05, 4.69) is 25.7 Å². The zero-order valence-electron chi connectivity index (χ0n) is 7.68. The van der Waals surface area contributed by atoms with Crippen LogP contribution in [0.4, 0.5) is 13.2 Å². The first-order chi connectivity index (χ1) is 7.37. The molecule has 0 saturated carbocycles. The second kappa shape index (κ2) is 5.50. The van der Waals surface area contributed by atoms with Gasteiger partial charge in [-0.1, -0.05) is 15.9 Å². The van der Waals surface area contributed by atoms with Crippen LogP contribution in [0.1, 0.15) is 11.1 Å². The van der Waals surface area contributed by atoms with Crippen LogP contribution < -0.4 is 4.74 Å². The van der Waals surface area contributed by atoms with Gasteiger partial charge >= 0.3 is 6.36 Å². The molecule has 8 heteroatoms. The lowest BCUT2D eigenvalue weighted by Crippen LogP contribution is -2.20. The fraction of sp³-hybridized carbons (Fsp3) is 0.375. The summed E-state index contributed by atoms with van der Waals surface area (Å²) in [5, 5.41) is 9.32. The smallest absolute Gasteiger partial charge is 0.391 e. The van der Waals surface area contributed by atoms with Crippen molar-refractivity contribution in [3.8, 4) is 5.88 Å². The van der Waals surface area contributed by atoms with E-state index in [4.69, 9.17) is 5.11 Å². The Kier molecular flexibility index (Phi) is 4.80. The third-order valence-electron chi connectivity index (χ3n) is 1.66. The summed E-state index contributed by atoms with van der Waals surface area (Å²) in [5.74, 6) is -0.601. The number of alkyl halides is 4. The highest BCUT2D eigenvalue weighted by Crippen LogP contribution is 2.29. The molecule has 0 unspecified atom stereocenters. The summed E-state index contributed by atoms with van der Waals surface area (Å²) in [6.07, 6.45) is -4.81. The SMILES string of the molecule is OCc1c(CBr)cc(I)nc1OC(F)(F)F. The number of hydrogen-bond acceptors (Lipinski definition) is 3. The molecule has 0 bridgehead atoms. The molecular formula is C8H6BrF3INO2. The van der Waals surface area contributed by atoms with Gasteiger partial charge < -0.3 is 9.84 Å². The van der Waals surface area contributed by atoms with E-state index in [1.807, 2.05) is 0 Å². The third kappa shape index (κ3) is 3.74. The third-order valence-corrected chi connectivity index (χ3v) is 2.82. The van der Waals surface area contributed by atoms with Crippen molar-refractivity contribution in [3.63, 3.8) is 0 Å². The minimum atomic E-state index is -4.81. The fourth-order valence-electron chi connectivity index (χ4n) is 1.05. The monoisotopic (exact) mass is 411 g/mol. The van der Waals surface area contributed by atoms with Crippen molar-refractivity contribution in [1.82, 2.24) is 4.98 Å². The molecule has 0 saturated heterocycles. The molecule has 90 valence electrons. The highest BCUT2D eigenvalue weighted by atomic mass is 127. The normalized spacial score (nSPS) is 11.6. The van der Waals surface area contributed by atoms with Crippen molar-refractivity contribution in [3.05, 3.63) is 20.9 Å². The van der Waals surface area contributed by atoms with Gasteiger partial charge in [0.15, 0.2) is 0 Å². The largest absolute Gasteiger partial charge is 0.574 e. The number of ether oxygens (including phenoxy) is 1. The van der Waals surface area contributed by atoms with E-state index in [9.17, 15) is 13.2 Å². The molecule has 0 aliphatic rings. The Hall–Kier alpha value is -0.0900. The Labute approximate surface area is 111 Å². The summed E-state index contributed by atoms with van der Waals surface area (Å²) < 4.78 is 40.3. The Morgan fingerprint density at radius 3 is 2.56 bits per heavy atom. The Balaban J connectivity index is 3.20. The zero-order chi connectivity index (χ0) is 12.3. The van der Waals surface area contributed by atoms with Crippen molar-refractivity contribution < 1.29 is 23.0 Å². The standard InChI is InChI=1S/C8H6BrF3INO2/c9-2-4-1-6(13)14-7(5(4)3-15)16-8(10,11)12/h1,15H,2-3H2. The van der Waals surface area contributed by atoms with Crippen LogP contribution in [-0.2, 0) is 11.9 Å². The fourth-order valence-corrected chi connectivity index (χ4v) is 2.14. The molecule has 1 rings (SSSR count). The second-order valence-electron chi connectivity index (χ2n) is 2.73. The van der Waals surface area contributed by atoms with Gasteiger partial charge in [-0.15, -0.1) is 13.2 Å². The van der Waals surface area contributed by atoms with Gasteiger partial charge in [0.25, 0.3) is 0 Å². The molecule has 0 aliphatic heterocycles. The average Bonchev–Trinajstić information content (AvgIpc) is 2.14. The predicted molar refractivity (Wildman–Crippen MR) is 62.2 cm³/mol. The van der Waals surface area contributed by atoms with Crippen molar-refractivity contribution in [1.29, 1.82) is 0 Å². The molecule has 3 nitrogen and oxygen atoms in total. The quantitative estimate of drug-likeness (QED) is 0.472. The summed E-state index contributed by atoms with van der Waals surface area (Å²) in [5.41, 5.74) is 0.552. The molecule has 1 N–H and O–H groups in total. The number of aromatic nitrogens is 1. The number of halogens is 5. The van der Waals surface area contributed by atoms with Gasteiger partial charge in [-0.2, -0.15) is 0 Å². The van der Waals surface area contributed by atoms with Crippen LogP contribution in [0.15, 0.2) is 6.07 Å². The molecule has 0 fully saturated rings. The minimum absolute atomic E-state index is 0.0367. The number of rotatable bonds is 3. The molecule has 0 spiro atoms. The van der Waals surface area contributed by atoms with E-state index in [1.54, 1.807) is 28.7 Å². The molecule has 0 radical (unpaired) electrons. The second-order valence-corrected chi connectivity index (χ2v) is 4.39. The van der Waals surface area contributed by atoms with Gasteiger partial charge in [0.05, 0.1) is 6.61 Å². The molecule has 16 heavy (non-hydrogen) atoms. The highest BCUT2D eigenvalue weighted by Gasteiger charge is 2.33. The Morgan fingerprint density at radius 2 is 2.12 bits per heavy atom. The molecule has 1 aromatic heterocycles. The van der Waals surface area contributed by atoms with Crippen molar-refractivity contribution in [2.75, 3.05) is 0 Å². The highest BCUT2D eigenvalue weighted by molar-refractivity contribution is 14.1. The van der Waals surface area contributed by atoms with Crippen LogP contribution in [0.3, 0.4) is 0 Å². The first kappa shape index (κ1) is 14.0. The van der Waals surface area contributed by atoms with Crippen LogP contribution in [0.25, 0.3) is 0 Å². The van der Waals surface area contributed by atoms with E-state index in [-0.39, 0.29) is 5.56 Å². The maximum Gasteiger partial charge on any atom is 0.574 e. The van der Waals surface area contributed by atoms with Gasteiger partial charge in [0, 0.05) is 10.9 Å². The average molecular weight is 412 g/mol. The van der Waals surface area contributed by atoms with Gasteiger partial charge in [-0.05, 0) is 34.2 Å². The summed E-state index contributed by atoms with van der Waals surface area (Å²) in [6, 6.07) is 1.57. The first-order valence-corrected chi connectivity index (χ1v) is 6.18. The number of pyridine rings is 1. The molecular weight excluding hydrogens is 406 g/mol. The molecule has 0 aromatic carbocycles. The topological polar surface area (TPSA) is 42.4 Å². The summed E-state index contributed by atoms with van der Waals surface area (Å²) in [7, 11) is 0. The molecule has 1 heterocycles. The van der Waals surface area contributed by atoms with E-state index < -0.39 is 18.8 Å². The van der Waals surface area contributed by atoms with Crippen LogP contribution >= 0.6 is 38.5 Å². The van der Waals surface area contributed by atoms with Gasteiger partial charge in [0.2, 0.25) is 5.88 Å². The van der Waals surface area contributed by atoms with E-state index in [0.29, 0.717) is 14.6 Å². The van der Waals surface area contributed by atoms with Crippen LogP contribution in [0.5, 0.6) is 5.88 Å². The molecule has 0 atom stereocenters. The van der Waals surface area contributed by atoms with Crippen molar-refractivity contribution in [2.45, 2.75) is 18.3 Å². The van der Waals surface area contributed by atoms with Crippen LogP contribution in [0.2, 0.25) is 0 Å². The maximum atomic E-state index is 12.1. The number of aliphatic hydroxyl groups excluding tert-OH is 1. The predicted octanol–water partition coefficient (Wildman–Crippen LogP) is 2.97. The minimum Gasteiger partial charge on any atom is -0.391 e. The number of nitrogens with zero attached hydrogens (tertiary/aromatic N) is 1. The van der Waals surface area contributed by atoms with Gasteiger partial charge in [-0.3, -0.25) is 0 Å². The summed E-state index contributed by atoms with van der Waals surface area (Å²) in [4.78, 5) is 3.60. The zero-order valence-corrected chi connectivity index (χ0v) is 11.4. The Morgan fingerprint density at radius 1 is 1.50 bits per heavy atom. The van der Waals surface area contributed by atoms with Crippen molar-refractivity contribution in [2.24, 2.45) is 0 Å². The van der Waals surface area contributed by atoms with Crippen molar-refractivity contribution >= 4 is 38.5 Å². The van der Waals surface area contributed by atoms with E-state index in [1.165, 1.54) is 0 Å². The van der Waals surface area contributed by atoms with Gasteiger partial charge in [-0.25, -0.2) is 4.98 Å². The Bertz CT molecular complexity index is 386. The van der Waals surface area contributed by atoms with Crippen LogP contribution in [-0.4, -0.2) is 16.5 Å². The van der Waals surface area contributed by atoms with Gasteiger partial charge in [0.1, 0.15) is 3.70 Å². The molecule has 0 amide bonds. The lowest BCUT2D eigenvalue weighted by Gasteiger charge is -2.13. The lowest BCUT2D eigenvalue weighted by molar-refractivity contribution is -0.276. The summed E-state index contributed by atoms with van der Waals surface area (Å²) >= 11 is 4.90. The molecule has 0 aliphatic carbocycles. The summed E-state index contributed by atoms with van der Waals surface area (Å²) in [6.45, 7) is -0.559. The maximum absolute atomic E-state index is 12.1. The van der Waals surface area contributed by atoms with Crippen LogP contribution in [0, 0.1) is 3.70 Å². The van der Waals surface area contributed by atoms with E-state index in [0.717, 1.165) is 0 Å². The molecule has 1 aromatic rings. The number of hydrogen-bond donors (Lipinski definition) is 1. The number of aliphatic hydroxyl groups is 1.